The molecule has 6 atom stereocenters. The highest BCUT2D eigenvalue weighted by atomic mass is 16.7. The molecule has 2 rings (SSSR count). The molecule has 1 fully saturated rings. The summed E-state index contributed by atoms with van der Waals surface area (Å²) in [4.78, 5) is 11.8. The number of rotatable bonds is 8. The van der Waals surface area contributed by atoms with E-state index < -0.39 is 62.6 Å². The number of hydrogen-bond acceptors (Lipinski definition) is 11. The van der Waals surface area contributed by atoms with Crippen LogP contribution in [0.2, 0.25) is 0 Å². The molecule has 1 saturated heterocycles. The number of carbonyl (C=O) groups is 1. The van der Waals surface area contributed by atoms with Crippen LogP contribution in [0.25, 0.3) is 6.08 Å². The molecule has 11 heteroatoms. The molecule has 0 bridgehead atoms. The van der Waals surface area contributed by atoms with Gasteiger partial charge in [0.25, 0.3) is 0 Å². The van der Waals surface area contributed by atoms with E-state index in [1.807, 2.05) is 0 Å². The fourth-order valence-corrected chi connectivity index (χ4v) is 2.47. The molecule has 1 aromatic carbocycles. The third-order valence-corrected chi connectivity index (χ3v) is 4.13. The Bertz CT molecular complexity index is 707. The lowest BCUT2D eigenvalue weighted by Crippen LogP contribution is -2.59. The fraction of sp³-hybridized carbons (Fsp3) is 0.500. The lowest BCUT2D eigenvalue weighted by Gasteiger charge is -2.40. The van der Waals surface area contributed by atoms with Crippen molar-refractivity contribution in [2.24, 2.45) is 0 Å². The van der Waals surface area contributed by atoms with Crippen molar-refractivity contribution in [2.45, 2.75) is 36.8 Å². The van der Waals surface area contributed by atoms with Gasteiger partial charge in [0.05, 0.1) is 13.2 Å². The van der Waals surface area contributed by atoms with E-state index in [4.69, 9.17) is 19.3 Å². The van der Waals surface area contributed by atoms with Gasteiger partial charge in [-0.1, -0.05) is 6.07 Å². The molecular formula is C18H24O11. The molecule has 0 saturated carbocycles. The number of carbonyl (C=O) groups excluding carboxylic acids is 1. The summed E-state index contributed by atoms with van der Waals surface area (Å²) >= 11 is 0. The summed E-state index contributed by atoms with van der Waals surface area (Å²) in [6, 6.07) is 3.92. The normalized spacial score (nSPS) is 28.4. The first-order chi connectivity index (χ1) is 13.7. The number of ether oxygens (including phenoxy) is 3. The predicted octanol–water partition coefficient (Wildman–Crippen LogP) is -2.17. The zero-order chi connectivity index (χ0) is 21.6. The zero-order valence-corrected chi connectivity index (χ0v) is 15.2. The van der Waals surface area contributed by atoms with E-state index in [2.05, 4.69) is 0 Å². The highest BCUT2D eigenvalue weighted by Crippen LogP contribution is 2.25. The second-order valence-electron chi connectivity index (χ2n) is 6.40. The molecule has 1 heterocycles. The summed E-state index contributed by atoms with van der Waals surface area (Å²) in [6.07, 6.45) is -6.36. The number of aromatic hydroxyl groups is 2. The third-order valence-electron chi connectivity index (χ3n) is 4.13. The van der Waals surface area contributed by atoms with E-state index in [1.54, 1.807) is 0 Å². The number of benzene rings is 1. The molecule has 0 unspecified atom stereocenters. The number of hydrogen-bond donors (Lipinski definition) is 7. The summed E-state index contributed by atoms with van der Waals surface area (Å²) in [7, 11) is 0. The average molecular weight is 416 g/mol. The second kappa shape index (κ2) is 10.5. The van der Waals surface area contributed by atoms with E-state index in [-0.39, 0.29) is 11.5 Å². The van der Waals surface area contributed by atoms with Crippen LogP contribution in [-0.2, 0) is 19.0 Å². The van der Waals surface area contributed by atoms with Crippen LogP contribution in [0.1, 0.15) is 5.56 Å². The van der Waals surface area contributed by atoms with Crippen molar-refractivity contribution in [3.05, 3.63) is 29.8 Å². The maximum absolute atomic E-state index is 11.8. The molecule has 0 aromatic heterocycles. The Labute approximate surface area is 165 Å². The molecule has 7 N–H and O–H groups in total. The topological polar surface area (TPSA) is 186 Å². The van der Waals surface area contributed by atoms with Gasteiger partial charge in [-0.2, -0.15) is 0 Å². The SMILES string of the molecule is O=C(C=Cc1ccc(O)c(O)c1)OC[C@H]1O[C@@H](OC[C@H](O)CO)[C@H](O)[C@@H](O)[C@@H]1O. The third kappa shape index (κ3) is 6.37. The van der Waals surface area contributed by atoms with Gasteiger partial charge in [-0.15, -0.1) is 0 Å². The Morgan fingerprint density at radius 2 is 1.86 bits per heavy atom. The van der Waals surface area contributed by atoms with Gasteiger partial charge in [0.2, 0.25) is 0 Å². The van der Waals surface area contributed by atoms with Crippen molar-refractivity contribution in [3.8, 4) is 11.5 Å². The second-order valence-corrected chi connectivity index (χ2v) is 6.40. The highest BCUT2D eigenvalue weighted by molar-refractivity contribution is 5.87. The average Bonchev–Trinajstić information content (AvgIpc) is 2.71. The smallest absolute Gasteiger partial charge is 0.330 e. The van der Waals surface area contributed by atoms with Gasteiger partial charge in [0.1, 0.15) is 37.1 Å². The maximum Gasteiger partial charge on any atom is 0.330 e. The van der Waals surface area contributed by atoms with Gasteiger partial charge in [-0.05, 0) is 23.8 Å². The number of phenols is 2. The summed E-state index contributed by atoms with van der Waals surface area (Å²) < 4.78 is 15.3. The maximum atomic E-state index is 11.8. The summed E-state index contributed by atoms with van der Waals surface area (Å²) in [5, 5.41) is 66.5. The van der Waals surface area contributed by atoms with Crippen molar-refractivity contribution in [1.82, 2.24) is 0 Å². The first-order valence-electron chi connectivity index (χ1n) is 8.70. The van der Waals surface area contributed by atoms with Crippen LogP contribution in [-0.4, -0.2) is 98.3 Å². The van der Waals surface area contributed by atoms with Gasteiger partial charge < -0.3 is 50.0 Å². The van der Waals surface area contributed by atoms with Crippen molar-refractivity contribution in [2.75, 3.05) is 19.8 Å². The number of aliphatic hydroxyl groups excluding tert-OH is 5. The molecular weight excluding hydrogens is 392 g/mol. The van der Waals surface area contributed by atoms with Crippen LogP contribution in [0.4, 0.5) is 0 Å². The van der Waals surface area contributed by atoms with E-state index in [0.29, 0.717) is 5.56 Å². The van der Waals surface area contributed by atoms with Gasteiger partial charge in [0, 0.05) is 6.08 Å². The Morgan fingerprint density at radius 1 is 1.14 bits per heavy atom. The zero-order valence-electron chi connectivity index (χ0n) is 15.2. The first-order valence-corrected chi connectivity index (χ1v) is 8.70. The van der Waals surface area contributed by atoms with Crippen LogP contribution in [0.15, 0.2) is 24.3 Å². The molecule has 1 aliphatic heterocycles. The van der Waals surface area contributed by atoms with Crippen LogP contribution in [0, 0.1) is 0 Å². The molecule has 1 aromatic rings. The quantitative estimate of drug-likeness (QED) is 0.139. The molecule has 1 aliphatic rings. The summed E-state index contributed by atoms with van der Waals surface area (Å²) in [6.45, 7) is -1.45. The largest absolute Gasteiger partial charge is 0.504 e. The van der Waals surface area contributed by atoms with Gasteiger partial charge >= 0.3 is 5.97 Å². The van der Waals surface area contributed by atoms with E-state index >= 15 is 0 Å². The van der Waals surface area contributed by atoms with E-state index in [0.717, 1.165) is 6.08 Å². The molecule has 162 valence electrons. The Balaban J connectivity index is 1.90. The summed E-state index contributed by atoms with van der Waals surface area (Å²) in [5.74, 6) is -1.48. The van der Waals surface area contributed by atoms with Crippen LogP contribution >= 0.6 is 0 Å². The monoisotopic (exact) mass is 416 g/mol. The Hall–Kier alpha value is -2.25. The van der Waals surface area contributed by atoms with Crippen LogP contribution < -0.4 is 0 Å². The number of aliphatic hydroxyl groups is 5. The Morgan fingerprint density at radius 3 is 2.52 bits per heavy atom. The van der Waals surface area contributed by atoms with Crippen molar-refractivity contribution in [3.63, 3.8) is 0 Å². The van der Waals surface area contributed by atoms with Crippen molar-refractivity contribution >= 4 is 12.0 Å². The molecule has 0 spiro atoms. The Kier molecular flexibility index (Phi) is 8.34. The van der Waals surface area contributed by atoms with Crippen molar-refractivity contribution < 1.29 is 54.8 Å². The minimum atomic E-state index is -1.65. The van der Waals surface area contributed by atoms with Gasteiger partial charge in [-0.3, -0.25) is 0 Å². The number of esters is 1. The fourth-order valence-electron chi connectivity index (χ4n) is 2.47. The molecule has 0 amide bonds. The minimum absolute atomic E-state index is 0.308. The number of phenolic OH excluding ortho intramolecular Hbond substituents is 2. The lowest BCUT2D eigenvalue weighted by atomic mass is 9.99. The standard InChI is InChI=1S/C18H24O11/c19-6-10(20)7-28-18-17(26)16(25)15(24)13(29-18)8-27-14(23)4-2-9-1-3-11(21)12(22)5-9/h1-5,10,13,15-22,24-26H,6-8H2/t10-,13-,15-,16+,17-,18-/m1/s1. The molecule has 0 radical (unpaired) electrons. The van der Waals surface area contributed by atoms with Gasteiger partial charge in [-0.25, -0.2) is 4.79 Å². The minimum Gasteiger partial charge on any atom is -0.504 e. The van der Waals surface area contributed by atoms with Crippen LogP contribution in [0.3, 0.4) is 0 Å². The molecule has 0 aliphatic carbocycles. The first kappa shape index (κ1) is 23.0. The van der Waals surface area contributed by atoms with Crippen molar-refractivity contribution in [1.29, 1.82) is 0 Å². The molecule has 11 nitrogen and oxygen atoms in total. The lowest BCUT2D eigenvalue weighted by molar-refractivity contribution is -0.305. The van der Waals surface area contributed by atoms with Crippen LogP contribution in [0.5, 0.6) is 11.5 Å². The molecule has 29 heavy (non-hydrogen) atoms. The van der Waals surface area contributed by atoms with E-state index in [1.165, 1.54) is 24.3 Å². The van der Waals surface area contributed by atoms with E-state index in [9.17, 15) is 35.4 Å². The predicted molar refractivity (Wildman–Crippen MR) is 95.5 cm³/mol. The summed E-state index contributed by atoms with van der Waals surface area (Å²) in [5.41, 5.74) is 0.417. The highest BCUT2D eigenvalue weighted by Gasteiger charge is 2.44. The van der Waals surface area contributed by atoms with Gasteiger partial charge in [0.15, 0.2) is 17.8 Å².